The summed E-state index contributed by atoms with van der Waals surface area (Å²) in [5.41, 5.74) is 6.31. The summed E-state index contributed by atoms with van der Waals surface area (Å²) in [6.45, 7) is 9.34. The van der Waals surface area contributed by atoms with Gasteiger partial charge in [0.2, 0.25) is 11.8 Å². The highest BCUT2D eigenvalue weighted by Crippen LogP contribution is 2.44. The van der Waals surface area contributed by atoms with Crippen molar-refractivity contribution in [1.82, 2.24) is 19.1 Å². The highest BCUT2D eigenvalue weighted by atomic mass is 16.5. The third-order valence-corrected chi connectivity index (χ3v) is 10.5. The van der Waals surface area contributed by atoms with E-state index in [-0.39, 0.29) is 0 Å². The fourth-order valence-electron chi connectivity index (χ4n) is 7.85. The molecular formula is C52H42N4O2. The molecule has 0 spiro atoms. The number of benzene rings is 6. The SMILES string of the molecule is C=CCn1cccc1[C@H](Oc1nc(-c2ccccc2)nc(O[C@H](c2cccc3ccccc23)c2cccn2CC=C)c1-c1ccccc1)c1cccc2ccccc12. The van der Waals surface area contributed by atoms with Gasteiger partial charge in [-0.05, 0) is 51.4 Å². The number of fused-ring (bicyclic) bond motifs is 2. The molecule has 0 amide bonds. The molecule has 0 aliphatic rings. The summed E-state index contributed by atoms with van der Waals surface area (Å²) in [6, 6.07) is 58.0. The Hall–Kier alpha value is -7.44. The molecule has 0 radical (unpaired) electrons. The molecule has 6 aromatic carbocycles. The lowest BCUT2D eigenvalue weighted by Gasteiger charge is -2.27. The van der Waals surface area contributed by atoms with Crippen molar-refractivity contribution in [2.75, 3.05) is 0 Å². The minimum absolute atomic E-state index is 0.400. The Morgan fingerprint density at radius 2 is 0.897 bits per heavy atom. The quantitative estimate of drug-likeness (QED) is 0.104. The van der Waals surface area contributed by atoms with Crippen LogP contribution in [0.2, 0.25) is 0 Å². The zero-order chi connectivity index (χ0) is 39.3. The van der Waals surface area contributed by atoms with Crippen molar-refractivity contribution in [3.63, 3.8) is 0 Å². The summed E-state index contributed by atoms with van der Waals surface area (Å²) in [5, 5.41) is 4.43. The summed E-state index contributed by atoms with van der Waals surface area (Å²) < 4.78 is 19.2. The van der Waals surface area contributed by atoms with E-state index in [1.54, 1.807) is 0 Å². The molecule has 9 rings (SSSR count). The number of hydrogen-bond donors (Lipinski definition) is 0. The maximum Gasteiger partial charge on any atom is 0.230 e. The Balaban J connectivity index is 1.31. The van der Waals surface area contributed by atoms with Crippen LogP contribution >= 0.6 is 0 Å². The highest BCUT2D eigenvalue weighted by Gasteiger charge is 2.30. The third kappa shape index (κ3) is 7.08. The van der Waals surface area contributed by atoms with Crippen LogP contribution < -0.4 is 9.47 Å². The first-order valence-corrected chi connectivity index (χ1v) is 19.5. The molecule has 0 fully saturated rings. The Morgan fingerprint density at radius 3 is 1.38 bits per heavy atom. The van der Waals surface area contributed by atoms with E-state index in [9.17, 15) is 0 Å². The van der Waals surface area contributed by atoms with Crippen molar-refractivity contribution >= 4 is 21.5 Å². The summed E-state index contributed by atoms with van der Waals surface area (Å²) in [6.07, 6.45) is 6.81. The van der Waals surface area contributed by atoms with E-state index in [1.807, 2.05) is 60.7 Å². The van der Waals surface area contributed by atoms with Gasteiger partial charge in [0.05, 0.1) is 11.4 Å². The van der Waals surface area contributed by atoms with Crippen LogP contribution in [0.25, 0.3) is 44.1 Å². The average Bonchev–Trinajstić information content (AvgIpc) is 3.95. The van der Waals surface area contributed by atoms with E-state index in [0.29, 0.717) is 36.2 Å². The molecule has 0 aliphatic heterocycles. The number of allylic oxidation sites excluding steroid dienone is 2. The number of aromatic nitrogens is 4. The van der Waals surface area contributed by atoms with Crippen molar-refractivity contribution < 1.29 is 9.47 Å². The first-order valence-electron chi connectivity index (χ1n) is 19.5. The van der Waals surface area contributed by atoms with Gasteiger partial charge in [-0.2, -0.15) is 9.97 Å². The number of nitrogens with zero attached hydrogens (tertiary/aromatic N) is 4. The van der Waals surface area contributed by atoms with Crippen molar-refractivity contribution in [3.8, 4) is 34.3 Å². The van der Waals surface area contributed by atoms with Crippen LogP contribution in [0.4, 0.5) is 0 Å². The lowest BCUT2D eigenvalue weighted by molar-refractivity contribution is 0.215. The van der Waals surface area contributed by atoms with Gasteiger partial charge in [-0.15, -0.1) is 13.2 Å². The molecule has 6 nitrogen and oxygen atoms in total. The van der Waals surface area contributed by atoms with Crippen molar-refractivity contribution in [3.05, 3.63) is 230 Å². The summed E-state index contributed by atoms with van der Waals surface area (Å²) in [7, 11) is 0. The monoisotopic (exact) mass is 754 g/mol. The van der Waals surface area contributed by atoms with E-state index in [2.05, 4.69) is 156 Å². The van der Waals surface area contributed by atoms with E-state index in [0.717, 1.165) is 55.2 Å². The van der Waals surface area contributed by atoms with Gasteiger partial charge in [-0.1, -0.05) is 158 Å². The van der Waals surface area contributed by atoms with E-state index < -0.39 is 12.2 Å². The van der Waals surface area contributed by atoms with Gasteiger partial charge >= 0.3 is 0 Å². The van der Waals surface area contributed by atoms with Crippen LogP contribution in [-0.4, -0.2) is 19.1 Å². The second kappa shape index (κ2) is 16.3. The Labute approximate surface area is 338 Å². The minimum atomic E-state index is -0.562. The molecular weight excluding hydrogens is 713 g/mol. The Morgan fingerprint density at radius 1 is 0.466 bits per heavy atom. The Kier molecular flexibility index (Phi) is 10.2. The molecule has 9 aromatic rings. The van der Waals surface area contributed by atoms with E-state index >= 15 is 0 Å². The van der Waals surface area contributed by atoms with Crippen LogP contribution in [0.1, 0.15) is 34.7 Å². The predicted octanol–water partition coefficient (Wildman–Crippen LogP) is 12.4. The van der Waals surface area contributed by atoms with Gasteiger partial charge in [0.15, 0.2) is 18.0 Å². The zero-order valence-corrected chi connectivity index (χ0v) is 32.1. The molecule has 0 saturated carbocycles. The van der Waals surface area contributed by atoms with Crippen LogP contribution in [0.15, 0.2) is 208 Å². The van der Waals surface area contributed by atoms with E-state index in [1.165, 1.54) is 0 Å². The summed E-state index contributed by atoms with van der Waals surface area (Å²) in [4.78, 5) is 10.6. The maximum atomic E-state index is 7.43. The molecule has 3 heterocycles. The van der Waals surface area contributed by atoms with Gasteiger partial charge in [0.25, 0.3) is 0 Å². The largest absolute Gasteiger partial charge is 0.462 e. The van der Waals surface area contributed by atoms with Gasteiger partial charge in [-0.3, -0.25) is 0 Å². The van der Waals surface area contributed by atoms with Crippen molar-refractivity contribution in [2.45, 2.75) is 25.3 Å². The third-order valence-electron chi connectivity index (χ3n) is 10.5. The minimum Gasteiger partial charge on any atom is -0.462 e. The van der Waals surface area contributed by atoms with E-state index in [4.69, 9.17) is 19.4 Å². The smallest absolute Gasteiger partial charge is 0.230 e. The zero-order valence-electron chi connectivity index (χ0n) is 32.1. The fraction of sp³-hybridized carbons (Fsp3) is 0.0769. The second-order valence-corrected chi connectivity index (χ2v) is 14.1. The summed E-state index contributed by atoms with van der Waals surface area (Å²) in [5.74, 6) is 1.29. The molecule has 2 atom stereocenters. The fourth-order valence-corrected chi connectivity index (χ4v) is 7.85. The molecule has 6 heteroatoms. The molecule has 0 bridgehead atoms. The van der Waals surface area contributed by atoms with Gasteiger partial charge in [0.1, 0.15) is 5.56 Å². The number of rotatable bonds is 14. The molecule has 0 saturated heterocycles. The first kappa shape index (κ1) is 36.2. The van der Waals surface area contributed by atoms with Gasteiger partial charge in [-0.25, -0.2) is 0 Å². The predicted molar refractivity (Wildman–Crippen MR) is 235 cm³/mol. The lowest BCUT2D eigenvalue weighted by Crippen LogP contribution is -2.18. The normalized spacial score (nSPS) is 12.3. The average molecular weight is 755 g/mol. The van der Waals surface area contributed by atoms with Crippen molar-refractivity contribution in [2.24, 2.45) is 0 Å². The van der Waals surface area contributed by atoms with Crippen molar-refractivity contribution in [1.29, 1.82) is 0 Å². The first-order chi connectivity index (χ1) is 28.7. The standard InChI is InChI=1S/C52H42N4O2/c1-3-33-55-35-17-31-45(55)48(43-29-15-25-37-19-11-13-27-41(37)43)57-51-47(39-21-7-5-8-22-39)52(54-50(53-51)40-23-9-6-10-24-40)58-49(46-32-18-36-56(46)34-4-2)44-30-16-26-38-20-12-14-28-42(38)44/h3-32,35-36,48-49H,1-2,33-34H2/t48-,49-/m1/s1. The molecule has 282 valence electrons. The molecule has 0 unspecified atom stereocenters. The van der Waals surface area contributed by atoms with Crippen LogP contribution in [0.3, 0.4) is 0 Å². The van der Waals surface area contributed by atoms with Crippen LogP contribution in [-0.2, 0) is 13.1 Å². The summed E-state index contributed by atoms with van der Waals surface area (Å²) >= 11 is 0. The second-order valence-electron chi connectivity index (χ2n) is 14.1. The molecule has 0 aliphatic carbocycles. The molecule has 3 aromatic heterocycles. The topological polar surface area (TPSA) is 54.1 Å². The van der Waals surface area contributed by atoms with Gasteiger partial charge in [0, 0.05) is 42.2 Å². The van der Waals surface area contributed by atoms with Gasteiger partial charge < -0.3 is 18.6 Å². The lowest BCUT2D eigenvalue weighted by atomic mass is 9.98. The maximum absolute atomic E-state index is 7.43. The number of hydrogen-bond acceptors (Lipinski definition) is 4. The van der Waals surface area contributed by atoms with Crippen LogP contribution in [0.5, 0.6) is 11.8 Å². The molecule has 0 N–H and O–H groups in total. The Bertz CT molecular complexity index is 2690. The molecule has 58 heavy (non-hydrogen) atoms. The highest BCUT2D eigenvalue weighted by molar-refractivity contribution is 5.87. The van der Waals surface area contributed by atoms with Crippen LogP contribution in [0, 0.1) is 0 Å². The number of ether oxygens (including phenoxy) is 2.